The Morgan fingerprint density at radius 3 is 3.00 bits per heavy atom. The van der Waals surface area contributed by atoms with Gasteiger partial charge in [0, 0.05) is 17.1 Å². The Morgan fingerprint density at radius 2 is 2.32 bits per heavy atom. The third-order valence-electron chi connectivity index (χ3n) is 2.81. The SMILES string of the molecule is O=C(Cc1c(F)cccc1Cl)NCC1COCCO1. The van der Waals surface area contributed by atoms with Crippen molar-refractivity contribution in [3.05, 3.63) is 34.6 Å². The van der Waals surface area contributed by atoms with E-state index in [0.29, 0.717) is 26.4 Å². The molecule has 104 valence electrons. The molecule has 1 aromatic rings. The largest absolute Gasteiger partial charge is 0.376 e. The van der Waals surface area contributed by atoms with E-state index in [2.05, 4.69) is 5.32 Å². The normalized spacial score (nSPS) is 19.2. The number of carbonyl (C=O) groups is 1. The molecule has 0 aromatic heterocycles. The number of nitrogens with one attached hydrogen (secondary N) is 1. The minimum Gasteiger partial charge on any atom is -0.376 e. The summed E-state index contributed by atoms with van der Waals surface area (Å²) in [6, 6.07) is 4.35. The Morgan fingerprint density at radius 1 is 1.47 bits per heavy atom. The Balaban J connectivity index is 1.83. The number of ether oxygens (including phenoxy) is 2. The van der Waals surface area contributed by atoms with Gasteiger partial charge in [-0.1, -0.05) is 17.7 Å². The second kappa shape index (κ2) is 6.84. The van der Waals surface area contributed by atoms with Gasteiger partial charge in [-0.2, -0.15) is 0 Å². The van der Waals surface area contributed by atoms with Crippen molar-refractivity contribution in [3.8, 4) is 0 Å². The van der Waals surface area contributed by atoms with Crippen molar-refractivity contribution in [2.75, 3.05) is 26.4 Å². The number of halogens is 2. The van der Waals surface area contributed by atoms with Crippen LogP contribution in [0.15, 0.2) is 18.2 Å². The number of benzene rings is 1. The van der Waals surface area contributed by atoms with Gasteiger partial charge in [0.05, 0.1) is 32.3 Å². The van der Waals surface area contributed by atoms with Crippen LogP contribution < -0.4 is 5.32 Å². The summed E-state index contributed by atoms with van der Waals surface area (Å²) in [6.45, 7) is 1.92. The van der Waals surface area contributed by atoms with E-state index in [4.69, 9.17) is 21.1 Å². The molecule has 0 aliphatic carbocycles. The highest BCUT2D eigenvalue weighted by Gasteiger charge is 2.16. The van der Waals surface area contributed by atoms with Gasteiger partial charge >= 0.3 is 0 Å². The fourth-order valence-corrected chi connectivity index (χ4v) is 2.04. The molecule has 2 rings (SSSR count). The monoisotopic (exact) mass is 287 g/mol. The van der Waals surface area contributed by atoms with Crippen molar-refractivity contribution in [1.82, 2.24) is 5.32 Å². The summed E-state index contributed by atoms with van der Waals surface area (Å²) in [6.07, 6.45) is -0.229. The van der Waals surface area contributed by atoms with Crippen LogP contribution >= 0.6 is 11.6 Å². The zero-order chi connectivity index (χ0) is 13.7. The third kappa shape index (κ3) is 4.16. The molecule has 1 aliphatic rings. The standard InChI is InChI=1S/C13H15ClFNO3/c14-11-2-1-3-12(15)10(11)6-13(17)16-7-9-8-18-4-5-19-9/h1-3,9H,4-8H2,(H,16,17). The Kier molecular flexibility index (Phi) is 5.13. The van der Waals surface area contributed by atoms with Gasteiger partial charge in [0.2, 0.25) is 5.91 Å². The highest BCUT2D eigenvalue weighted by Crippen LogP contribution is 2.19. The van der Waals surface area contributed by atoms with Crippen LogP contribution in [0.2, 0.25) is 5.02 Å². The summed E-state index contributed by atoms with van der Waals surface area (Å²) in [7, 11) is 0. The molecule has 1 heterocycles. The molecule has 0 bridgehead atoms. The Labute approximate surface area is 115 Å². The topological polar surface area (TPSA) is 47.6 Å². The lowest BCUT2D eigenvalue weighted by molar-refractivity contribution is -0.123. The summed E-state index contributed by atoms with van der Waals surface area (Å²) < 4.78 is 24.1. The van der Waals surface area contributed by atoms with Crippen LogP contribution in [0.4, 0.5) is 4.39 Å². The molecular formula is C13H15ClFNO3. The molecule has 4 nitrogen and oxygen atoms in total. The van der Waals surface area contributed by atoms with Gasteiger partial charge in [0.25, 0.3) is 0 Å². The van der Waals surface area contributed by atoms with Crippen molar-refractivity contribution in [1.29, 1.82) is 0 Å². The molecule has 1 unspecified atom stereocenters. The average molecular weight is 288 g/mol. The van der Waals surface area contributed by atoms with Crippen LogP contribution in [0.1, 0.15) is 5.56 Å². The van der Waals surface area contributed by atoms with Crippen LogP contribution in [0, 0.1) is 5.82 Å². The molecule has 6 heteroatoms. The quantitative estimate of drug-likeness (QED) is 0.914. The van der Waals surface area contributed by atoms with Gasteiger partial charge < -0.3 is 14.8 Å². The minimum atomic E-state index is -0.472. The predicted molar refractivity (Wildman–Crippen MR) is 68.7 cm³/mol. The predicted octanol–water partition coefficient (Wildman–Crippen LogP) is 1.55. The zero-order valence-electron chi connectivity index (χ0n) is 10.3. The fourth-order valence-electron chi connectivity index (χ4n) is 1.81. The summed E-state index contributed by atoms with van der Waals surface area (Å²) in [5.74, 6) is -0.763. The number of hydrogen-bond donors (Lipinski definition) is 1. The van der Waals surface area contributed by atoms with Crippen LogP contribution in [-0.2, 0) is 20.7 Å². The average Bonchev–Trinajstić information content (AvgIpc) is 2.42. The van der Waals surface area contributed by atoms with Crippen LogP contribution in [0.25, 0.3) is 0 Å². The first-order valence-electron chi connectivity index (χ1n) is 6.05. The van der Waals surface area contributed by atoms with Crippen molar-refractivity contribution < 1.29 is 18.7 Å². The molecule has 1 atom stereocenters. The van der Waals surface area contributed by atoms with Crippen molar-refractivity contribution in [2.24, 2.45) is 0 Å². The van der Waals surface area contributed by atoms with E-state index in [1.807, 2.05) is 0 Å². The van der Waals surface area contributed by atoms with E-state index in [-0.39, 0.29) is 29.0 Å². The maximum absolute atomic E-state index is 13.5. The van der Waals surface area contributed by atoms with E-state index < -0.39 is 5.82 Å². The summed E-state index contributed by atoms with van der Waals surface area (Å²) in [4.78, 5) is 11.7. The Hall–Kier alpha value is -1.17. The summed E-state index contributed by atoms with van der Waals surface area (Å²) in [5.41, 5.74) is 0.211. The third-order valence-corrected chi connectivity index (χ3v) is 3.17. The highest BCUT2D eigenvalue weighted by molar-refractivity contribution is 6.31. The van der Waals surface area contributed by atoms with Gasteiger partial charge in [0.1, 0.15) is 5.82 Å². The fraction of sp³-hybridized carbons (Fsp3) is 0.462. The molecule has 1 amide bonds. The van der Waals surface area contributed by atoms with Gasteiger partial charge in [-0.3, -0.25) is 4.79 Å². The number of amides is 1. The van der Waals surface area contributed by atoms with Crippen LogP contribution in [0.5, 0.6) is 0 Å². The lowest BCUT2D eigenvalue weighted by Crippen LogP contribution is -2.40. The van der Waals surface area contributed by atoms with E-state index >= 15 is 0 Å². The molecule has 0 spiro atoms. The second-order valence-electron chi connectivity index (χ2n) is 4.25. The van der Waals surface area contributed by atoms with Crippen LogP contribution in [-0.4, -0.2) is 38.4 Å². The zero-order valence-corrected chi connectivity index (χ0v) is 11.1. The molecule has 19 heavy (non-hydrogen) atoms. The highest BCUT2D eigenvalue weighted by atomic mass is 35.5. The van der Waals surface area contributed by atoms with E-state index in [0.717, 1.165) is 0 Å². The Bertz CT molecular complexity index is 429. The molecular weight excluding hydrogens is 273 g/mol. The van der Waals surface area contributed by atoms with E-state index in [1.165, 1.54) is 12.1 Å². The van der Waals surface area contributed by atoms with Crippen molar-refractivity contribution in [3.63, 3.8) is 0 Å². The first-order valence-corrected chi connectivity index (χ1v) is 6.43. The number of rotatable bonds is 4. The van der Waals surface area contributed by atoms with Crippen molar-refractivity contribution in [2.45, 2.75) is 12.5 Å². The van der Waals surface area contributed by atoms with Gasteiger partial charge in [-0.25, -0.2) is 4.39 Å². The maximum atomic E-state index is 13.5. The smallest absolute Gasteiger partial charge is 0.224 e. The summed E-state index contributed by atoms with van der Waals surface area (Å²) in [5, 5.41) is 2.94. The number of carbonyl (C=O) groups excluding carboxylic acids is 1. The molecule has 1 aliphatic heterocycles. The molecule has 1 N–H and O–H groups in total. The minimum absolute atomic E-state index is 0.0842. The van der Waals surface area contributed by atoms with Gasteiger partial charge in [-0.05, 0) is 12.1 Å². The van der Waals surface area contributed by atoms with Crippen molar-refractivity contribution >= 4 is 17.5 Å². The second-order valence-corrected chi connectivity index (χ2v) is 4.66. The van der Waals surface area contributed by atoms with Gasteiger partial charge in [-0.15, -0.1) is 0 Å². The molecule has 1 fully saturated rings. The molecule has 0 saturated carbocycles. The van der Waals surface area contributed by atoms with E-state index in [1.54, 1.807) is 6.07 Å². The lowest BCUT2D eigenvalue weighted by Gasteiger charge is -2.23. The first-order chi connectivity index (χ1) is 9.16. The molecule has 1 saturated heterocycles. The first kappa shape index (κ1) is 14.2. The summed E-state index contributed by atoms with van der Waals surface area (Å²) >= 11 is 5.86. The lowest BCUT2D eigenvalue weighted by atomic mass is 10.1. The van der Waals surface area contributed by atoms with Crippen LogP contribution in [0.3, 0.4) is 0 Å². The molecule has 1 aromatic carbocycles. The van der Waals surface area contributed by atoms with Gasteiger partial charge in [0.15, 0.2) is 0 Å². The number of hydrogen-bond acceptors (Lipinski definition) is 3. The molecule has 0 radical (unpaired) electrons. The maximum Gasteiger partial charge on any atom is 0.224 e. The van der Waals surface area contributed by atoms with E-state index in [9.17, 15) is 9.18 Å².